The van der Waals surface area contributed by atoms with E-state index in [0.717, 1.165) is 39.7 Å². The lowest BCUT2D eigenvalue weighted by Gasteiger charge is -2.17. The highest BCUT2D eigenvalue weighted by Crippen LogP contribution is 2.13. The van der Waals surface area contributed by atoms with Crippen LogP contribution in [-0.2, 0) is 6.54 Å². The Labute approximate surface area is 180 Å². The number of likely N-dealkylation sites (tertiary alicyclic amines) is 1. The molecule has 31 heavy (non-hydrogen) atoms. The number of aryl methyl sites for hydroxylation is 3. The molecule has 1 fully saturated rings. The number of carbonyl (C=O) groups excluding carboxylic acids is 1. The van der Waals surface area contributed by atoms with E-state index in [2.05, 4.69) is 5.10 Å². The van der Waals surface area contributed by atoms with Crippen molar-refractivity contribution in [2.45, 2.75) is 40.2 Å². The van der Waals surface area contributed by atoms with Gasteiger partial charge < -0.3 is 4.90 Å². The van der Waals surface area contributed by atoms with Crippen molar-refractivity contribution in [1.82, 2.24) is 19.2 Å². The van der Waals surface area contributed by atoms with Crippen LogP contribution in [0.1, 0.15) is 45.6 Å². The topological polar surface area (TPSA) is 77.2 Å². The molecule has 0 aliphatic carbocycles. The van der Waals surface area contributed by atoms with Crippen LogP contribution in [0, 0.1) is 20.8 Å². The van der Waals surface area contributed by atoms with Crippen molar-refractivity contribution < 1.29 is 4.79 Å². The summed E-state index contributed by atoms with van der Waals surface area (Å²) in [6, 6.07) is 13.3. The quantitative estimate of drug-likeness (QED) is 0.653. The predicted molar refractivity (Wildman–Crippen MR) is 119 cm³/mol. The molecule has 2 aromatic carbocycles. The maximum Gasteiger partial charge on any atom is 0.352 e. The summed E-state index contributed by atoms with van der Waals surface area (Å²) >= 11 is 0. The van der Waals surface area contributed by atoms with Crippen molar-refractivity contribution in [3.8, 4) is 5.69 Å². The molecule has 0 N–H and O–H groups in total. The SMILES string of the molecule is Cc1ccc(Cn2c(=O)c(C(=O)N3CCCC3)nn(-c3cc(C)cc(C)c3)c2=O)cc1. The molecule has 7 nitrogen and oxygen atoms in total. The third-order valence-corrected chi connectivity index (χ3v) is 5.57. The monoisotopic (exact) mass is 418 g/mol. The summed E-state index contributed by atoms with van der Waals surface area (Å²) in [4.78, 5) is 41.3. The summed E-state index contributed by atoms with van der Waals surface area (Å²) in [6.07, 6.45) is 1.81. The average Bonchev–Trinajstić information content (AvgIpc) is 3.26. The number of benzene rings is 2. The fourth-order valence-corrected chi connectivity index (χ4v) is 3.98. The van der Waals surface area contributed by atoms with E-state index >= 15 is 0 Å². The van der Waals surface area contributed by atoms with Gasteiger partial charge >= 0.3 is 5.69 Å². The Kier molecular flexibility index (Phi) is 5.59. The number of carbonyl (C=O) groups is 1. The van der Waals surface area contributed by atoms with E-state index in [4.69, 9.17) is 0 Å². The number of amides is 1. The Morgan fingerprint density at radius 1 is 0.903 bits per heavy atom. The first-order chi connectivity index (χ1) is 14.8. The summed E-state index contributed by atoms with van der Waals surface area (Å²) in [5.41, 5.74) is 2.94. The van der Waals surface area contributed by atoms with E-state index in [-0.39, 0.29) is 12.2 Å². The first kappa shape index (κ1) is 20.8. The summed E-state index contributed by atoms with van der Waals surface area (Å²) < 4.78 is 2.29. The van der Waals surface area contributed by atoms with E-state index in [1.54, 1.807) is 4.90 Å². The molecule has 3 aromatic rings. The lowest BCUT2D eigenvalue weighted by atomic mass is 10.1. The minimum Gasteiger partial charge on any atom is -0.337 e. The van der Waals surface area contributed by atoms with Crippen LogP contribution in [0.2, 0.25) is 0 Å². The smallest absolute Gasteiger partial charge is 0.337 e. The first-order valence-corrected chi connectivity index (χ1v) is 10.5. The van der Waals surface area contributed by atoms with Gasteiger partial charge in [0.1, 0.15) is 0 Å². The van der Waals surface area contributed by atoms with Crippen molar-refractivity contribution in [3.63, 3.8) is 0 Å². The number of hydrogen-bond donors (Lipinski definition) is 0. The van der Waals surface area contributed by atoms with Crippen LogP contribution < -0.4 is 11.2 Å². The van der Waals surface area contributed by atoms with E-state index in [1.807, 2.05) is 63.2 Å². The summed E-state index contributed by atoms with van der Waals surface area (Å²) in [5, 5.41) is 4.26. The summed E-state index contributed by atoms with van der Waals surface area (Å²) in [6.45, 7) is 7.11. The maximum absolute atomic E-state index is 13.3. The predicted octanol–water partition coefficient (Wildman–Crippen LogP) is 2.60. The molecule has 160 valence electrons. The van der Waals surface area contributed by atoms with E-state index in [9.17, 15) is 14.4 Å². The van der Waals surface area contributed by atoms with Gasteiger partial charge in [0.25, 0.3) is 11.5 Å². The van der Waals surface area contributed by atoms with Crippen molar-refractivity contribution in [2.75, 3.05) is 13.1 Å². The van der Waals surface area contributed by atoms with Crippen LogP contribution >= 0.6 is 0 Å². The molecular formula is C24H26N4O3. The molecule has 7 heteroatoms. The van der Waals surface area contributed by atoms with Gasteiger partial charge in [-0.1, -0.05) is 35.9 Å². The molecule has 0 unspecified atom stereocenters. The number of rotatable bonds is 4. The van der Waals surface area contributed by atoms with Crippen LogP contribution in [-0.4, -0.2) is 38.2 Å². The molecule has 1 aromatic heterocycles. The highest BCUT2D eigenvalue weighted by molar-refractivity contribution is 5.92. The van der Waals surface area contributed by atoms with Gasteiger partial charge in [-0.25, -0.2) is 4.79 Å². The highest BCUT2D eigenvalue weighted by Gasteiger charge is 2.26. The van der Waals surface area contributed by atoms with Gasteiger partial charge in [-0.15, -0.1) is 0 Å². The third-order valence-electron chi connectivity index (χ3n) is 5.57. The van der Waals surface area contributed by atoms with Gasteiger partial charge in [0, 0.05) is 13.1 Å². The first-order valence-electron chi connectivity index (χ1n) is 10.5. The van der Waals surface area contributed by atoms with Gasteiger partial charge in [0.2, 0.25) is 5.69 Å². The van der Waals surface area contributed by atoms with E-state index in [1.165, 1.54) is 4.68 Å². The van der Waals surface area contributed by atoms with Crippen LogP contribution in [0.4, 0.5) is 0 Å². The van der Waals surface area contributed by atoms with Crippen LogP contribution in [0.15, 0.2) is 52.1 Å². The maximum atomic E-state index is 13.3. The molecule has 2 heterocycles. The Hall–Kier alpha value is -3.48. The molecular weight excluding hydrogens is 392 g/mol. The van der Waals surface area contributed by atoms with Gasteiger partial charge in [-0.05, 0) is 62.4 Å². The molecule has 1 aliphatic rings. The fourth-order valence-electron chi connectivity index (χ4n) is 3.98. The van der Waals surface area contributed by atoms with Gasteiger partial charge in [0.15, 0.2) is 0 Å². The van der Waals surface area contributed by atoms with Crippen LogP contribution in [0.3, 0.4) is 0 Å². The Balaban J connectivity index is 1.90. The van der Waals surface area contributed by atoms with Crippen molar-refractivity contribution >= 4 is 5.91 Å². The Morgan fingerprint density at radius 3 is 2.13 bits per heavy atom. The molecule has 0 atom stereocenters. The molecule has 0 saturated carbocycles. The van der Waals surface area contributed by atoms with Crippen LogP contribution in [0.25, 0.3) is 5.69 Å². The van der Waals surface area contributed by atoms with Crippen LogP contribution in [0.5, 0.6) is 0 Å². The lowest BCUT2D eigenvalue weighted by molar-refractivity contribution is 0.0781. The molecule has 0 bridgehead atoms. The standard InChI is InChI=1S/C24H26N4O3/c1-16-6-8-19(9-7-16)15-27-23(30)21(22(29)26-10-4-5-11-26)25-28(24(27)31)20-13-17(2)12-18(3)14-20/h6-9,12-14H,4-5,10-11,15H2,1-3H3. The number of hydrogen-bond acceptors (Lipinski definition) is 4. The Morgan fingerprint density at radius 2 is 1.52 bits per heavy atom. The van der Waals surface area contributed by atoms with Crippen molar-refractivity contribution in [1.29, 1.82) is 0 Å². The van der Waals surface area contributed by atoms with Crippen molar-refractivity contribution in [3.05, 3.63) is 91.3 Å². The van der Waals surface area contributed by atoms with Crippen molar-refractivity contribution in [2.24, 2.45) is 0 Å². The molecule has 0 spiro atoms. The third kappa shape index (κ3) is 4.21. The van der Waals surface area contributed by atoms with E-state index < -0.39 is 17.2 Å². The Bertz CT molecular complexity index is 1230. The fraction of sp³-hybridized carbons (Fsp3) is 0.333. The van der Waals surface area contributed by atoms with E-state index in [0.29, 0.717) is 18.8 Å². The zero-order valence-corrected chi connectivity index (χ0v) is 18.1. The molecule has 0 radical (unpaired) electrons. The second kappa shape index (κ2) is 8.34. The zero-order chi connectivity index (χ0) is 22.1. The second-order valence-electron chi connectivity index (χ2n) is 8.27. The van der Waals surface area contributed by atoms with Gasteiger partial charge in [-0.3, -0.25) is 14.2 Å². The lowest BCUT2D eigenvalue weighted by Crippen LogP contribution is -2.46. The molecule has 1 aliphatic heterocycles. The minimum absolute atomic E-state index is 0.0749. The zero-order valence-electron chi connectivity index (χ0n) is 18.1. The summed E-state index contributed by atoms with van der Waals surface area (Å²) in [7, 11) is 0. The normalized spacial score (nSPS) is 13.6. The number of nitrogens with zero attached hydrogens (tertiary/aromatic N) is 4. The summed E-state index contributed by atoms with van der Waals surface area (Å²) in [5.74, 6) is -0.418. The molecule has 1 saturated heterocycles. The van der Waals surface area contributed by atoms with Gasteiger partial charge in [-0.2, -0.15) is 9.78 Å². The second-order valence-corrected chi connectivity index (χ2v) is 8.27. The number of aromatic nitrogens is 3. The minimum atomic E-state index is -0.650. The molecule has 1 amide bonds. The average molecular weight is 418 g/mol. The highest BCUT2D eigenvalue weighted by atomic mass is 16.2. The largest absolute Gasteiger partial charge is 0.352 e. The molecule has 4 rings (SSSR count). The van der Waals surface area contributed by atoms with Gasteiger partial charge in [0.05, 0.1) is 12.2 Å².